The Bertz CT molecular complexity index is 1890. The van der Waals surface area contributed by atoms with Crippen molar-refractivity contribution in [3.05, 3.63) is 102 Å². The number of hydrazone groups is 1. The van der Waals surface area contributed by atoms with Gasteiger partial charge in [0.1, 0.15) is 6.04 Å². The maximum absolute atomic E-state index is 13.8. The molecule has 0 aliphatic carbocycles. The fourth-order valence-corrected chi connectivity index (χ4v) is 6.23. The number of nitrogens with zero attached hydrogens (tertiary/aromatic N) is 5. The van der Waals surface area contributed by atoms with Crippen LogP contribution in [0, 0.1) is 0 Å². The topological polar surface area (TPSA) is 183 Å². The van der Waals surface area contributed by atoms with Crippen LogP contribution in [0.5, 0.6) is 0 Å². The second-order valence-electron chi connectivity index (χ2n) is 12.6. The molecule has 5 N–H and O–H groups in total. The number of carboxylic acids is 1. The van der Waals surface area contributed by atoms with Crippen LogP contribution in [-0.2, 0) is 27.5 Å². The third kappa shape index (κ3) is 8.29. The molecule has 0 spiro atoms. The average molecular weight is 677 g/mol. The number of benzene rings is 2. The molecule has 4 aromatic rings. The van der Waals surface area contributed by atoms with Crippen LogP contribution in [0.4, 0.5) is 10.5 Å². The number of unbranched alkanes of at least 4 members (excludes halogenated alkanes) is 3. The van der Waals surface area contributed by atoms with Crippen molar-refractivity contribution in [1.82, 2.24) is 25.2 Å². The quantitative estimate of drug-likeness (QED) is 0.151. The molecule has 0 saturated carbocycles. The highest BCUT2D eigenvalue weighted by atomic mass is 16.4. The van der Waals surface area contributed by atoms with Crippen molar-refractivity contribution < 1.29 is 24.3 Å². The molecule has 2 aliphatic heterocycles. The lowest BCUT2D eigenvalue weighted by Gasteiger charge is -2.30. The van der Waals surface area contributed by atoms with Gasteiger partial charge >= 0.3 is 12.0 Å². The van der Waals surface area contributed by atoms with E-state index in [1.165, 1.54) is 0 Å². The van der Waals surface area contributed by atoms with Gasteiger partial charge in [-0.2, -0.15) is 5.10 Å². The monoisotopic (exact) mass is 676 g/mol. The van der Waals surface area contributed by atoms with Gasteiger partial charge in [0, 0.05) is 62.3 Å². The van der Waals surface area contributed by atoms with Crippen LogP contribution in [0.25, 0.3) is 10.9 Å². The molecule has 2 aromatic heterocycles. The van der Waals surface area contributed by atoms with Crippen molar-refractivity contribution in [3.63, 3.8) is 0 Å². The van der Waals surface area contributed by atoms with E-state index in [1.807, 2.05) is 60.7 Å². The fourth-order valence-electron chi connectivity index (χ4n) is 6.23. The fraction of sp³-hybridized carbons (Fsp3) is 0.324. The minimum Gasteiger partial charge on any atom is -0.480 e. The van der Waals surface area contributed by atoms with Gasteiger partial charge in [-0.05, 0) is 65.4 Å². The van der Waals surface area contributed by atoms with E-state index in [4.69, 9.17) is 15.9 Å². The molecule has 2 atom stereocenters. The molecule has 1 unspecified atom stereocenters. The summed E-state index contributed by atoms with van der Waals surface area (Å²) in [7, 11) is 0. The Balaban J connectivity index is 1.09. The number of hydrogen-bond acceptors (Lipinski definition) is 8. The lowest BCUT2D eigenvalue weighted by molar-refractivity contribution is -0.140. The van der Waals surface area contributed by atoms with Crippen LogP contribution in [0.2, 0.25) is 0 Å². The number of urea groups is 1. The largest absolute Gasteiger partial charge is 0.480 e. The van der Waals surface area contributed by atoms with E-state index < -0.39 is 17.9 Å². The number of pyridine rings is 2. The molecule has 4 amide bonds. The lowest BCUT2D eigenvalue weighted by Crippen LogP contribution is -2.38. The molecule has 0 saturated heterocycles. The van der Waals surface area contributed by atoms with Crippen LogP contribution in [0.1, 0.15) is 66.7 Å². The summed E-state index contributed by atoms with van der Waals surface area (Å²) in [6.45, 7) is 1.91. The molecule has 4 heterocycles. The van der Waals surface area contributed by atoms with Crippen LogP contribution in [-0.4, -0.2) is 73.6 Å². The normalized spacial score (nSPS) is 16.1. The van der Waals surface area contributed by atoms with Crippen LogP contribution in [0.15, 0.2) is 84.4 Å². The van der Waals surface area contributed by atoms with Crippen LogP contribution >= 0.6 is 0 Å². The van der Waals surface area contributed by atoms with E-state index in [0.29, 0.717) is 51.1 Å². The van der Waals surface area contributed by atoms with Gasteiger partial charge in [-0.1, -0.05) is 43.2 Å². The molecule has 0 bridgehead atoms. The summed E-state index contributed by atoms with van der Waals surface area (Å²) in [6.07, 6.45) is 8.50. The van der Waals surface area contributed by atoms with Gasteiger partial charge in [0.25, 0.3) is 5.91 Å². The van der Waals surface area contributed by atoms with Crippen molar-refractivity contribution in [3.8, 4) is 0 Å². The van der Waals surface area contributed by atoms with Gasteiger partial charge in [0.15, 0.2) is 0 Å². The molecular weight excluding hydrogens is 636 g/mol. The molecule has 13 nitrogen and oxygen atoms in total. The van der Waals surface area contributed by atoms with Crippen molar-refractivity contribution in [2.75, 3.05) is 18.4 Å². The van der Waals surface area contributed by atoms with Gasteiger partial charge < -0.3 is 26.4 Å². The predicted molar refractivity (Wildman–Crippen MR) is 188 cm³/mol. The molecule has 2 aliphatic rings. The van der Waals surface area contributed by atoms with Gasteiger partial charge in [0.2, 0.25) is 5.91 Å². The number of carbonyl (C=O) groups is 4. The summed E-state index contributed by atoms with van der Waals surface area (Å²) in [6, 6.07) is 17.9. The van der Waals surface area contributed by atoms with Crippen molar-refractivity contribution in [2.24, 2.45) is 10.8 Å². The number of aliphatic carboxylic acids is 1. The predicted octanol–water partition coefficient (Wildman–Crippen LogP) is 4.38. The number of nitrogens with one attached hydrogen (secondary N) is 2. The Morgan fingerprint density at radius 2 is 1.76 bits per heavy atom. The number of fused-ring (bicyclic) bond motifs is 2. The standard InChI is InChI=1S/C37H40N8O5/c38-31(36(48)49)20-34(46)41-14-3-1-2-4-17-45-35(47)30(26-8-7-24-6-5-15-40-32(24)18-26)19-33(43-45)25-9-11-29(12-10-25)42-37(50)44-22-27-13-16-39-21-28(27)23-44/h5-13,15-16,18,21,30-31H,1-4,14,17,19-20,22-23,38H2,(H,41,46)(H,42,50)(H,48,49)/t30?,31-/m1/s1. The third-order valence-electron chi connectivity index (χ3n) is 9.05. The van der Waals surface area contributed by atoms with Crippen molar-refractivity contribution >= 4 is 46.1 Å². The van der Waals surface area contributed by atoms with Gasteiger partial charge in [0.05, 0.1) is 23.6 Å². The van der Waals surface area contributed by atoms with Crippen LogP contribution < -0.4 is 16.4 Å². The second kappa shape index (κ2) is 15.7. The zero-order valence-corrected chi connectivity index (χ0v) is 27.6. The summed E-state index contributed by atoms with van der Waals surface area (Å²) < 4.78 is 0. The number of amides is 4. The number of carboxylic acid groups (broad SMARTS) is 1. The highest BCUT2D eigenvalue weighted by Crippen LogP contribution is 2.31. The smallest absolute Gasteiger partial charge is 0.322 e. The molecule has 2 aromatic carbocycles. The highest BCUT2D eigenvalue weighted by molar-refractivity contribution is 6.06. The molecule has 6 rings (SSSR count). The second-order valence-corrected chi connectivity index (χ2v) is 12.6. The maximum Gasteiger partial charge on any atom is 0.322 e. The maximum atomic E-state index is 13.8. The Morgan fingerprint density at radius 3 is 2.56 bits per heavy atom. The number of hydrogen-bond donors (Lipinski definition) is 4. The lowest BCUT2D eigenvalue weighted by atomic mass is 9.88. The molecule has 13 heteroatoms. The van der Waals surface area contributed by atoms with E-state index in [2.05, 4.69) is 20.6 Å². The molecule has 50 heavy (non-hydrogen) atoms. The summed E-state index contributed by atoms with van der Waals surface area (Å²) in [5.74, 6) is -2.11. The van der Waals surface area contributed by atoms with Crippen molar-refractivity contribution in [2.45, 2.75) is 63.6 Å². The Labute approximate surface area is 289 Å². The van der Waals surface area contributed by atoms with E-state index >= 15 is 0 Å². The van der Waals surface area contributed by atoms with E-state index in [9.17, 15) is 19.2 Å². The average Bonchev–Trinajstić information content (AvgIpc) is 3.57. The number of aromatic nitrogens is 2. The SMILES string of the molecule is N[C@H](CC(=O)NCCCCCCN1N=C(c2ccc(NC(=O)N3Cc4ccncc4C3)cc2)CC(c2ccc3cccnc3c2)C1=O)C(=O)O. The zero-order chi connectivity index (χ0) is 35.0. The zero-order valence-electron chi connectivity index (χ0n) is 27.6. The molecular formula is C37H40N8O5. The number of carbonyl (C=O) groups excluding carboxylic acids is 3. The van der Waals surface area contributed by atoms with Crippen molar-refractivity contribution in [1.29, 1.82) is 0 Å². The minimum absolute atomic E-state index is 0.0724. The molecule has 0 radical (unpaired) electrons. The first-order valence-corrected chi connectivity index (χ1v) is 16.8. The number of rotatable bonds is 13. The van der Waals surface area contributed by atoms with Crippen LogP contribution in [0.3, 0.4) is 0 Å². The van der Waals surface area contributed by atoms with E-state index in [-0.39, 0.29) is 24.3 Å². The number of nitrogens with two attached hydrogens (primary N) is 1. The van der Waals surface area contributed by atoms with Gasteiger partial charge in [-0.25, -0.2) is 9.80 Å². The first kappa shape index (κ1) is 34.2. The molecule has 0 fully saturated rings. The first-order valence-electron chi connectivity index (χ1n) is 16.8. The summed E-state index contributed by atoms with van der Waals surface area (Å²) >= 11 is 0. The summed E-state index contributed by atoms with van der Waals surface area (Å²) in [5, 5.41) is 21.9. The molecule has 258 valence electrons. The Morgan fingerprint density at radius 1 is 0.960 bits per heavy atom. The Hall–Kier alpha value is -5.69. The minimum atomic E-state index is -1.21. The summed E-state index contributed by atoms with van der Waals surface area (Å²) in [5.41, 5.74) is 11.6. The van der Waals surface area contributed by atoms with Gasteiger partial charge in [-0.15, -0.1) is 0 Å². The first-order chi connectivity index (χ1) is 24.2. The third-order valence-corrected chi connectivity index (χ3v) is 9.05. The van der Waals surface area contributed by atoms with Gasteiger partial charge in [-0.3, -0.25) is 24.4 Å². The summed E-state index contributed by atoms with van der Waals surface area (Å²) in [4.78, 5) is 60.0. The highest BCUT2D eigenvalue weighted by Gasteiger charge is 2.33. The number of anilines is 1. The van der Waals surface area contributed by atoms with E-state index in [0.717, 1.165) is 51.7 Å². The van der Waals surface area contributed by atoms with E-state index in [1.54, 1.807) is 28.5 Å². The Kier molecular flexibility index (Phi) is 10.7.